The second kappa shape index (κ2) is 6.23. The summed E-state index contributed by atoms with van der Waals surface area (Å²) in [5, 5.41) is 14.7. The summed E-state index contributed by atoms with van der Waals surface area (Å²) in [4.78, 5) is 4.12. The molecular weight excluding hydrogens is 264 g/mol. The number of hydrogen-bond acceptors (Lipinski definition) is 5. The summed E-state index contributed by atoms with van der Waals surface area (Å²) < 4.78 is 1.65. The molecule has 0 saturated heterocycles. The highest BCUT2D eigenvalue weighted by atomic mass is 15.5. The smallest absolute Gasteiger partial charge is 0.143 e. The second-order valence-corrected chi connectivity index (χ2v) is 4.81. The minimum Gasteiger partial charge on any atom is -0.306 e. The van der Waals surface area contributed by atoms with E-state index >= 15 is 0 Å². The first-order chi connectivity index (χ1) is 10.3. The van der Waals surface area contributed by atoms with Crippen LogP contribution in [0.2, 0.25) is 0 Å². The minimum atomic E-state index is 0.224. The molecule has 0 saturated carbocycles. The highest BCUT2D eigenvalue weighted by Gasteiger charge is 2.07. The topological polar surface area (TPSA) is 68.5 Å². The average molecular weight is 280 g/mol. The number of nitrogens with one attached hydrogen (secondary N) is 1. The van der Waals surface area contributed by atoms with Gasteiger partial charge in [0.05, 0.1) is 5.69 Å². The predicted molar refractivity (Wildman–Crippen MR) is 78.6 cm³/mol. The molecule has 1 atom stereocenters. The van der Waals surface area contributed by atoms with Crippen molar-refractivity contribution in [2.75, 3.05) is 0 Å². The van der Waals surface area contributed by atoms with Crippen molar-refractivity contribution in [3.8, 4) is 5.69 Å². The maximum atomic E-state index is 4.12. The van der Waals surface area contributed by atoms with Gasteiger partial charge in [-0.05, 0) is 46.7 Å². The lowest BCUT2D eigenvalue weighted by Gasteiger charge is -2.15. The number of nitrogens with zero attached hydrogens (tertiary/aromatic N) is 5. The Labute approximate surface area is 122 Å². The van der Waals surface area contributed by atoms with Crippen molar-refractivity contribution in [3.63, 3.8) is 0 Å². The normalized spacial score (nSPS) is 12.2. The molecule has 6 heteroatoms. The van der Waals surface area contributed by atoms with E-state index in [0.29, 0.717) is 0 Å². The van der Waals surface area contributed by atoms with Crippen LogP contribution in [0.25, 0.3) is 5.69 Å². The van der Waals surface area contributed by atoms with Crippen molar-refractivity contribution in [2.24, 2.45) is 0 Å². The molecule has 1 N–H and O–H groups in total. The van der Waals surface area contributed by atoms with Crippen LogP contribution >= 0.6 is 0 Å². The average Bonchev–Trinajstić information content (AvgIpc) is 3.08. The second-order valence-electron chi connectivity index (χ2n) is 4.81. The van der Waals surface area contributed by atoms with Crippen LogP contribution in [0, 0.1) is 0 Å². The van der Waals surface area contributed by atoms with E-state index in [-0.39, 0.29) is 6.04 Å². The van der Waals surface area contributed by atoms with Gasteiger partial charge in [0.15, 0.2) is 0 Å². The van der Waals surface area contributed by atoms with E-state index in [1.54, 1.807) is 17.2 Å². The van der Waals surface area contributed by atoms with Gasteiger partial charge in [0.25, 0.3) is 0 Å². The molecular formula is C15H16N6. The number of rotatable bonds is 5. The first kappa shape index (κ1) is 13.4. The zero-order valence-corrected chi connectivity index (χ0v) is 11.7. The molecule has 2 heterocycles. The molecule has 2 aromatic heterocycles. The summed E-state index contributed by atoms with van der Waals surface area (Å²) in [5.74, 6) is 0. The molecule has 3 aromatic rings. The van der Waals surface area contributed by atoms with Crippen LogP contribution in [0.15, 0.2) is 55.1 Å². The van der Waals surface area contributed by atoms with Gasteiger partial charge in [-0.1, -0.05) is 18.2 Å². The lowest BCUT2D eigenvalue weighted by atomic mass is 10.1. The standard InChI is InChI=1S/C15H16N6/c1-12(17-10-13-4-3-7-16-9-13)14-5-2-6-15(8-14)21-11-18-19-20-21/h2-9,11-12,17H,10H2,1H3. The number of benzene rings is 1. The highest BCUT2D eigenvalue weighted by Crippen LogP contribution is 2.16. The molecule has 0 aliphatic rings. The number of aromatic nitrogens is 5. The van der Waals surface area contributed by atoms with Gasteiger partial charge in [0, 0.05) is 25.0 Å². The van der Waals surface area contributed by atoms with E-state index in [4.69, 9.17) is 0 Å². The Morgan fingerprint density at radius 1 is 1.24 bits per heavy atom. The molecule has 3 rings (SSSR count). The van der Waals surface area contributed by atoms with Crippen LogP contribution in [-0.2, 0) is 6.54 Å². The third kappa shape index (κ3) is 3.29. The Bertz CT molecular complexity index is 680. The van der Waals surface area contributed by atoms with E-state index in [1.165, 1.54) is 11.1 Å². The molecule has 1 aromatic carbocycles. The van der Waals surface area contributed by atoms with Crippen molar-refractivity contribution >= 4 is 0 Å². The van der Waals surface area contributed by atoms with Gasteiger partial charge >= 0.3 is 0 Å². The highest BCUT2D eigenvalue weighted by molar-refractivity contribution is 5.35. The molecule has 1 unspecified atom stereocenters. The largest absolute Gasteiger partial charge is 0.306 e. The monoisotopic (exact) mass is 280 g/mol. The van der Waals surface area contributed by atoms with E-state index in [0.717, 1.165) is 12.2 Å². The molecule has 0 amide bonds. The van der Waals surface area contributed by atoms with E-state index in [1.807, 2.05) is 24.4 Å². The van der Waals surface area contributed by atoms with Gasteiger partial charge in [-0.2, -0.15) is 0 Å². The summed E-state index contributed by atoms with van der Waals surface area (Å²) in [6.45, 7) is 2.92. The van der Waals surface area contributed by atoms with Gasteiger partial charge < -0.3 is 5.32 Å². The van der Waals surface area contributed by atoms with Crippen molar-refractivity contribution in [3.05, 3.63) is 66.2 Å². The Morgan fingerprint density at radius 2 is 2.19 bits per heavy atom. The van der Waals surface area contributed by atoms with Crippen molar-refractivity contribution in [1.29, 1.82) is 0 Å². The van der Waals surface area contributed by atoms with E-state index in [2.05, 4.69) is 50.9 Å². The molecule has 21 heavy (non-hydrogen) atoms. The zero-order valence-electron chi connectivity index (χ0n) is 11.7. The predicted octanol–water partition coefficient (Wildman–Crippen LogP) is 1.91. The Kier molecular flexibility index (Phi) is 3.97. The number of hydrogen-bond donors (Lipinski definition) is 1. The van der Waals surface area contributed by atoms with Crippen molar-refractivity contribution in [2.45, 2.75) is 19.5 Å². The SMILES string of the molecule is CC(NCc1cccnc1)c1cccc(-n2cnnn2)c1. The minimum absolute atomic E-state index is 0.224. The summed E-state index contributed by atoms with van der Waals surface area (Å²) in [6, 6.07) is 12.4. The van der Waals surface area contributed by atoms with Gasteiger partial charge in [-0.3, -0.25) is 4.98 Å². The summed E-state index contributed by atoms with van der Waals surface area (Å²) in [5.41, 5.74) is 3.31. The van der Waals surface area contributed by atoms with Gasteiger partial charge in [-0.25, -0.2) is 4.68 Å². The first-order valence-electron chi connectivity index (χ1n) is 6.78. The lowest BCUT2D eigenvalue weighted by Crippen LogP contribution is -2.18. The van der Waals surface area contributed by atoms with Crippen LogP contribution in [0.4, 0.5) is 0 Å². The Morgan fingerprint density at radius 3 is 2.95 bits per heavy atom. The van der Waals surface area contributed by atoms with Crippen LogP contribution in [0.1, 0.15) is 24.1 Å². The van der Waals surface area contributed by atoms with Crippen molar-refractivity contribution < 1.29 is 0 Å². The zero-order chi connectivity index (χ0) is 14.5. The summed E-state index contributed by atoms with van der Waals surface area (Å²) in [6.07, 6.45) is 5.24. The third-order valence-electron chi connectivity index (χ3n) is 3.32. The quantitative estimate of drug-likeness (QED) is 0.773. The van der Waals surface area contributed by atoms with E-state index < -0.39 is 0 Å². The fourth-order valence-corrected chi connectivity index (χ4v) is 2.11. The van der Waals surface area contributed by atoms with Crippen LogP contribution < -0.4 is 5.32 Å². The van der Waals surface area contributed by atoms with Crippen LogP contribution in [-0.4, -0.2) is 25.2 Å². The van der Waals surface area contributed by atoms with Crippen LogP contribution in [0.5, 0.6) is 0 Å². The summed E-state index contributed by atoms with van der Waals surface area (Å²) in [7, 11) is 0. The fraction of sp³-hybridized carbons (Fsp3) is 0.200. The Hall–Kier alpha value is -2.60. The molecule has 0 spiro atoms. The van der Waals surface area contributed by atoms with Gasteiger partial charge in [0.2, 0.25) is 0 Å². The third-order valence-corrected chi connectivity index (χ3v) is 3.32. The molecule has 6 nitrogen and oxygen atoms in total. The van der Waals surface area contributed by atoms with Gasteiger partial charge in [0.1, 0.15) is 6.33 Å². The lowest BCUT2D eigenvalue weighted by molar-refractivity contribution is 0.573. The molecule has 106 valence electrons. The molecule has 0 fully saturated rings. The van der Waals surface area contributed by atoms with Crippen molar-refractivity contribution in [1.82, 2.24) is 30.5 Å². The Balaban J connectivity index is 1.70. The molecule has 0 radical (unpaired) electrons. The molecule has 0 aliphatic carbocycles. The maximum absolute atomic E-state index is 4.12. The summed E-state index contributed by atoms with van der Waals surface area (Å²) >= 11 is 0. The first-order valence-corrected chi connectivity index (χ1v) is 6.78. The molecule has 0 aliphatic heterocycles. The van der Waals surface area contributed by atoms with Crippen LogP contribution in [0.3, 0.4) is 0 Å². The fourth-order valence-electron chi connectivity index (χ4n) is 2.11. The number of tetrazole rings is 1. The van der Waals surface area contributed by atoms with Gasteiger partial charge in [-0.15, -0.1) is 5.10 Å². The maximum Gasteiger partial charge on any atom is 0.143 e. The number of pyridine rings is 1. The molecule has 0 bridgehead atoms. The van der Waals surface area contributed by atoms with E-state index in [9.17, 15) is 0 Å².